The van der Waals surface area contributed by atoms with Crippen LogP contribution in [0.5, 0.6) is 0 Å². The van der Waals surface area contributed by atoms with Gasteiger partial charge in [-0.3, -0.25) is 15.4 Å². The van der Waals surface area contributed by atoms with Gasteiger partial charge in [0.05, 0.1) is 17.4 Å². The number of benzene rings is 1. The molecule has 1 aliphatic heterocycles. The summed E-state index contributed by atoms with van der Waals surface area (Å²) in [6.07, 6.45) is 17.6. The van der Waals surface area contributed by atoms with Crippen molar-refractivity contribution in [3.63, 3.8) is 0 Å². The minimum absolute atomic E-state index is 0.00882. The van der Waals surface area contributed by atoms with Gasteiger partial charge < -0.3 is 20.7 Å². The second-order valence-corrected chi connectivity index (χ2v) is 12.8. The summed E-state index contributed by atoms with van der Waals surface area (Å²) in [5.74, 6) is -0.260. The molecule has 9 nitrogen and oxygen atoms in total. The summed E-state index contributed by atoms with van der Waals surface area (Å²) in [7, 11) is 1.99. The van der Waals surface area contributed by atoms with Crippen LogP contribution in [0.2, 0.25) is 0 Å². The Morgan fingerprint density at radius 1 is 1.19 bits per heavy atom. The number of amides is 1. The quantitative estimate of drug-likeness (QED) is 0.169. The molecule has 6 rings (SSSR count). The summed E-state index contributed by atoms with van der Waals surface area (Å²) in [5.41, 5.74) is 10.6. The predicted molar refractivity (Wildman–Crippen MR) is 170 cm³/mol. The number of hydrogen-bond donors (Lipinski definition) is 5. The lowest BCUT2D eigenvalue weighted by Gasteiger charge is -2.47. The second kappa shape index (κ2) is 11.8. The maximum atomic E-state index is 13.8. The summed E-state index contributed by atoms with van der Waals surface area (Å²) in [5, 5.41) is 21.3. The van der Waals surface area contributed by atoms with Crippen LogP contribution in [0, 0.1) is 0 Å². The van der Waals surface area contributed by atoms with Gasteiger partial charge in [0, 0.05) is 52.9 Å². The van der Waals surface area contributed by atoms with E-state index >= 15 is 0 Å². The third-order valence-electron chi connectivity index (χ3n) is 9.44. The lowest BCUT2D eigenvalue weighted by atomic mass is 9.74. The Morgan fingerprint density at radius 2 is 1.93 bits per heavy atom. The Hall–Kier alpha value is -3.66. The summed E-state index contributed by atoms with van der Waals surface area (Å²) in [6.45, 7) is 1.77. The highest BCUT2D eigenvalue weighted by Crippen LogP contribution is 2.42. The van der Waals surface area contributed by atoms with E-state index < -0.39 is 11.5 Å². The van der Waals surface area contributed by atoms with E-state index in [1.54, 1.807) is 19.2 Å². The van der Waals surface area contributed by atoms with Crippen LogP contribution < -0.4 is 21.7 Å². The number of nitrogens with one attached hydrogen (secondary N) is 3. The molecule has 1 aromatic carbocycles. The van der Waals surface area contributed by atoms with Crippen molar-refractivity contribution < 1.29 is 14.7 Å². The summed E-state index contributed by atoms with van der Waals surface area (Å²) >= 11 is 6.04. The Labute approximate surface area is 256 Å². The topological polar surface area (TPSA) is 134 Å². The molecule has 6 N–H and O–H groups in total. The van der Waals surface area contributed by atoms with Gasteiger partial charge in [-0.15, -0.1) is 0 Å². The molecule has 3 unspecified atom stereocenters. The van der Waals surface area contributed by atoms with Crippen LogP contribution in [-0.4, -0.2) is 51.2 Å². The van der Waals surface area contributed by atoms with Crippen LogP contribution in [-0.2, 0) is 11.8 Å². The van der Waals surface area contributed by atoms with Gasteiger partial charge in [-0.1, -0.05) is 48.7 Å². The van der Waals surface area contributed by atoms with Crippen LogP contribution in [0.3, 0.4) is 0 Å². The molecule has 1 saturated heterocycles. The average Bonchev–Trinajstić information content (AvgIpc) is 3.70. The number of aromatic nitrogens is 1. The number of carbonyl (C=O) groups excluding carboxylic acids is 1. The third-order valence-corrected chi connectivity index (χ3v) is 9.54. The first-order chi connectivity index (χ1) is 20.6. The van der Waals surface area contributed by atoms with E-state index in [1.165, 1.54) is 18.4 Å². The Morgan fingerprint density at radius 3 is 2.60 bits per heavy atom. The fraction of sp³-hybridized carbons (Fsp3) is 0.424. The largest absolute Gasteiger partial charge is 0.478 e. The molecule has 1 amide bonds. The number of rotatable bonds is 8. The molecule has 0 radical (unpaired) electrons. The summed E-state index contributed by atoms with van der Waals surface area (Å²) in [6, 6.07) is 6.03. The summed E-state index contributed by atoms with van der Waals surface area (Å²) in [4.78, 5) is 29.2. The van der Waals surface area contributed by atoms with Crippen LogP contribution in [0.4, 0.5) is 0 Å². The van der Waals surface area contributed by atoms with Crippen LogP contribution in [0.15, 0.2) is 70.4 Å². The van der Waals surface area contributed by atoms with Gasteiger partial charge in [-0.05, 0) is 74.3 Å². The van der Waals surface area contributed by atoms with E-state index in [1.807, 2.05) is 31.3 Å². The molecule has 2 saturated carbocycles. The molecule has 2 heterocycles. The summed E-state index contributed by atoms with van der Waals surface area (Å²) < 4.78 is 2.06. The Balaban J connectivity index is 1.26. The van der Waals surface area contributed by atoms with Crippen molar-refractivity contribution in [2.75, 3.05) is 0 Å². The van der Waals surface area contributed by atoms with Gasteiger partial charge in [0.15, 0.2) is 0 Å². The average molecular weight is 603 g/mol. The van der Waals surface area contributed by atoms with Crippen molar-refractivity contribution in [3.8, 4) is 0 Å². The number of nitrogens with two attached hydrogens (primary N) is 1. The predicted octanol–water partition coefficient (Wildman–Crippen LogP) is 4.69. The number of carboxylic acids is 1. The number of aliphatic imine (C=N–C) groups is 1. The molecular weight excluding hydrogens is 564 g/mol. The first-order valence-electron chi connectivity index (χ1n) is 15.1. The van der Waals surface area contributed by atoms with Gasteiger partial charge in [0.2, 0.25) is 0 Å². The minimum Gasteiger partial charge on any atom is -0.478 e. The van der Waals surface area contributed by atoms with E-state index in [-0.39, 0.29) is 24.2 Å². The van der Waals surface area contributed by atoms with Crippen molar-refractivity contribution in [1.82, 2.24) is 20.5 Å². The smallest absolute Gasteiger partial charge is 0.328 e. The highest BCUT2D eigenvalue weighted by Gasteiger charge is 2.50. The Bertz CT molecular complexity index is 1600. The van der Waals surface area contributed by atoms with Gasteiger partial charge in [0.1, 0.15) is 5.84 Å². The molecule has 3 aliphatic carbocycles. The number of aliphatic carboxylic acids is 1. The second-order valence-electron chi connectivity index (χ2n) is 12.2. The zero-order valence-corrected chi connectivity index (χ0v) is 25.3. The van der Waals surface area contributed by atoms with E-state index in [4.69, 9.17) is 22.4 Å². The first-order valence-corrected chi connectivity index (χ1v) is 15.5. The number of carbonyl (C=O) groups is 2. The fourth-order valence-electron chi connectivity index (χ4n) is 7.15. The van der Waals surface area contributed by atoms with E-state index in [0.29, 0.717) is 22.3 Å². The highest BCUT2D eigenvalue weighted by molar-refractivity contribution is 6.29. The lowest BCUT2D eigenvalue weighted by Crippen LogP contribution is -2.67. The maximum absolute atomic E-state index is 13.8. The van der Waals surface area contributed by atoms with E-state index in [2.05, 4.69) is 37.7 Å². The number of fused-ring (bicyclic) bond motifs is 2. The van der Waals surface area contributed by atoms with E-state index in [9.17, 15) is 9.59 Å². The van der Waals surface area contributed by atoms with E-state index in [0.717, 1.165) is 60.4 Å². The fourth-order valence-corrected chi connectivity index (χ4v) is 7.20. The van der Waals surface area contributed by atoms with Crippen LogP contribution in [0.25, 0.3) is 10.9 Å². The van der Waals surface area contributed by atoms with Gasteiger partial charge in [0.25, 0.3) is 5.91 Å². The molecule has 10 heteroatoms. The van der Waals surface area contributed by atoms with Gasteiger partial charge in [-0.25, -0.2) is 9.79 Å². The third kappa shape index (κ3) is 5.69. The minimum atomic E-state index is -0.974. The Kier molecular flexibility index (Phi) is 8.06. The van der Waals surface area contributed by atoms with Gasteiger partial charge in [-0.2, -0.15) is 0 Å². The molecule has 1 aromatic heterocycles. The zero-order valence-electron chi connectivity index (χ0n) is 24.6. The standard InChI is InChI=1S/C33H39ClN6O3/c1-19(34)18-36-30(35)29-28(21-6-3-4-7-21)23-11-10-22(17-26(23)40(29)2)31(43)39-33(14-5-15-33)32-37-24-12-8-20(9-13-27(41)42)16-25(24)38-32/h8-13,16-18,21,24-25,32,37-38H,3-7,14-15H2,1-2H3,(H2,35,36)(H,39,43)(H,41,42)/b13-9+,19-18+. The number of nitrogens with zero attached hydrogens (tertiary/aromatic N) is 2. The normalized spacial score (nSPS) is 25.7. The molecule has 43 heavy (non-hydrogen) atoms. The molecular formula is C33H39ClN6O3. The monoisotopic (exact) mass is 602 g/mol. The molecule has 2 aromatic rings. The molecule has 0 spiro atoms. The number of hydrogen-bond acceptors (Lipinski definition) is 5. The first kappa shape index (κ1) is 29.4. The maximum Gasteiger partial charge on any atom is 0.328 e. The highest BCUT2D eigenvalue weighted by atomic mass is 35.5. The van der Waals surface area contributed by atoms with Crippen molar-refractivity contribution in [2.24, 2.45) is 17.8 Å². The number of allylic oxidation sites excluding steroid dienone is 4. The number of carboxylic acid groups (broad SMARTS) is 1. The molecule has 0 bridgehead atoms. The van der Waals surface area contributed by atoms with Crippen molar-refractivity contribution in [3.05, 3.63) is 82.2 Å². The van der Waals surface area contributed by atoms with Crippen molar-refractivity contribution in [2.45, 2.75) is 81.6 Å². The van der Waals surface area contributed by atoms with Gasteiger partial charge >= 0.3 is 5.97 Å². The SMILES string of the molecule is C/C(Cl)=C\N=C(N)c1c(C2CCCC2)c2ccc(C(=O)NC3(C4NC5C=CC(/C=C/C(=O)O)=CC5N4)CCC3)cc2n1C. The number of halogens is 1. The lowest BCUT2D eigenvalue weighted by molar-refractivity contribution is -0.131. The number of amidine groups is 1. The number of aryl methyl sites for hydroxylation is 1. The van der Waals surface area contributed by atoms with Crippen LogP contribution in [0.1, 0.15) is 79.4 Å². The van der Waals surface area contributed by atoms with Crippen molar-refractivity contribution in [1.29, 1.82) is 0 Å². The molecule has 226 valence electrons. The van der Waals surface area contributed by atoms with Crippen LogP contribution >= 0.6 is 11.6 Å². The molecule has 3 atom stereocenters. The van der Waals surface area contributed by atoms with Crippen molar-refractivity contribution >= 4 is 40.2 Å². The zero-order chi connectivity index (χ0) is 30.3. The molecule has 3 fully saturated rings. The molecule has 4 aliphatic rings.